The van der Waals surface area contributed by atoms with Crippen molar-refractivity contribution >= 4 is 5.78 Å². The van der Waals surface area contributed by atoms with Crippen LogP contribution in [-0.2, 0) is 4.79 Å². The van der Waals surface area contributed by atoms with E-state index in [9.17, 15) is 9.90 Å². The van der Waals surface area contributed by atoms with E-state index < -0.39 is 0 Å². The molecule has 1 aliphatic heterocycles. The lowest BCUT2D eigenvalue weighted by atomic mass is 9.70. The normalized spacial score (nSPS) is 19.5. The molecule has 122 valence electrons. The highest BCUT2D eigenvalue weighted by Gasteiger charge is 2.40. The lowest BCUT2D eigenvalue weighted by Crippen LogP contribution is -2.29. The molecule has 0 radical (unpaired) electrons. The highest BCUT2D eigenvalue weighted by Crippen LogP contribution is 2.50. The van der Waals surface area contributed by atoms with Crippen molar-refractivity contribution in [3.05, 3.63) is 71.0 Å². The Morgan fingerprint density at radius 3 is 2.04 bits per heavy atom. The summed E-state index contributed by atoms with van der Waals surface area (Å²) in [6.45, 7) is 4.04. The molecule has 0 atom stereocenters. The fourth-order valence-corrected chi connectivity index (χ4v) is 3.85. The molecular weight excluding hydrogens is 300 g/mol. The van der Waals surface area contributed by atoms with Crippen molar-refractivity contribution in [3.8, 4) is 11.5 Å². The summed E-state index contributed by atoms with van der Waals surface area (Å²) in [6.07, 6.45) is 0.976. The smallest absolute Gasteiger partial charge is 0.163 e. The van der Waals surface area contributed by atoms with Crippen molar-refractivity contribution in [1.29, 1.82) is 0 Å². The highest BCUT2D eigenvalue weighted by molar-refractivity contribution is 5.99. The monoisotopic (exact) mass is 320 g/mol. The largest absolute Gasteiger partial charge is 0.512 e. The van der Waals surface area contributed by atoms with Crippen molar-refractivity contribution in [2.24, 2.45) is 5.41 Å². The maximum absolute atomic E-state index is 12.9. The molecule has 0 saturated heterocycles. The number of aliphatic hydroxyl groups is 1. The molecule has 3 heteroatoms. The van der Waals surface area contributed by atoms with Gasteiger partial charge in [0.1, 0.15) is 17.3 Å². The summed E-state index contributed by atoms with van der Waals surface area (Å²) in [5.74, 6) is 1.47. The number of carbonyl (C=O) groups is 1. The van der Waals surface area contributed by atoms with Crippen LogP contribution in [0.25, 0.3) is 0 Å². The summed E-state index contributed by atoms with van der Waals surface area (Å²) >= 11 is 0. The standard InChI is InChI=1S/C21H20O3/c1-21(2)11-15(22)20(16(23)12-21)19-13-7-3-5-9-17(13)24-18-10-6-4-8-14(18)19/h3-10,19,22H,11-12H2,1-2H3. The van der Waals surface area contributed by atoms with Crippen molar-refractivity contribution in [3.63, 3.8) is 0 Å². The number of hydrogen-bond acceptors (Lipinski definition) is 3. The van der Waals surface area contributed by atoms with Crippen LogP contribution < -0.4 is 4.74 Å². The van der Waals surface area contributed by atoms with Gasteiger partial charge in [-0.05, 0) is 17.5 Å². The number of ether oxygens (including phenoxy) is 1. The van der Waals surface area contributed by atoms with Gasteiger partial charge in [0.05, 0.1) is 0 Å². The minimum Gasteiger partial charge on any atom is -0.512 e. The summed E-state index contributed by atoms with van der Waals surface area (Å²) in [5.41, 5.74) is 2.20. The third-order valence-corrected chi connectivity index (χ3v) is 4.87. The molecule has 0 bridgehead atoms. The number of rotatable bonds is 1. The van der Waals surface area contributed by atoms with E-state index in [0.717, 1.165) is 22.6 Å². The SMILES string of the molecule is CC1(C)CC(=O)C(C2c3ccccc3Oc3ccccc32)=C(O)C1. The van der Waals surface area contributed by atoms with Gasteiger partial charge in [-0.15, -0.1) is 0 Å². The van der Waals surface area contributed by atoms with Crippen LogP contribution in [0.3, 0.4) is 0 Å². The fraction of sp³-hybridized carbons (Fsp3) is 0.286. The number of allylic oxidation sites excluding steroid dienone is 2. The lowest BCUT2D eigenvalue weighted by molar-refractivity contribution is -0.118. The summed E-state index contributed by atoms with van der Waals surface area (Å²) in [5, 5.41) is 10.7. The lowest BCUT2D eigenvalue weighted by Gasteiger charge is -2.35. The van der Waals surface area contributed by atoms with Crippen LogP contribution in [0, 0.1) is 5.41 Å². The number of benzene rings is 2. The van der Waals surface area contributed by atoms with Crippen LogP contribution in [0.15, 0.2) is 59.9 Å². The number of Topliss-reactive ketones (excluding diaryl/α,β-unsaturated/α-hetero) is 1. The van der Waals surface area contributed by atoms with E-state index >= 15 is 0 Å². The predicted octanol–water partition coefficient (Wildman–Crippen LogP) is 5.13. The Kier molecular flexibility index (Phi) is 3.27. The molecule has 1 heterocycles. The molecule has 1 aliphatic carbocycles. The third-order valence-electron chi connectivity index (χ3n) is 4.87. The number of fused-ring (bicyclic) bond motifs is 2. The van der Waals surface area contributed by atoms with E-state index in [1.807, 2.05) is 62.4 Å². The van der Waals surface area contributed by atoms with E-state index in [1.54, 1.807) is 0 Å². The Morgan fingerprint density at radius 2 is 1.50 bits per heavy atom. The molecule has 0 spiro atoms. The average Bonchev–Trinajstić information content (AvgIpc) is 2.52. The van der Waals surface area contributed by atoms with Crippen molar-refractivity contribution < 1.29 is 14.6 Å². The Balaban J connectivity index is 1.94. The maximum Gasteiger partial charge on any atom is 0.163 e. The number of aliphatic hydroxyl groups excluding tert-OH is 1. The van der Waals surface area contributed by atoms with Gasteiger partial charge >= 0.3 is 0 Å². The van der Waals surface area contributed by atoms with Crippen LogP contribution >= 0.6 is 0 Å². The van der Waals surface area contributed by atoms with Gasteiger partial charge in [0.25, 0.3) is 0 Å². The molecule has 3 nitrogen and oxygen atoms in total. The first-order chi connectivity index (χ1) is 11.5. The molecule has 0 saturated carbocycles. The maximum atomic E-state index is 12.9. The van der Waals surface area contributed by atoms with Gasteiger partial charge in [0, 0.05) is 35.5 Å². The zero-order chi connectivity index (χ0) is 16.9. The van der Waals surface area contributed by atoms with Crippen LogP contribution in [0.2, 0.25) is 0 Å². The van der Waals surface area contributed by atoms with Gasteiger partial charge < -0.3 is 9.84 Å². The van der Waals surface area contributed by atoms with Crippen LogP contribution in [0.5, 0.6) is 11.5 Å². The molecule has 2 aromatic rings. The summed E-state index contributed by atoms with van der Waals surface area (Å²) in [7, 11) is 0. The summed E-state index contributed by atoms with van der Waals surface area (Å²) in [4.78, 5) is 12.9. The van der Waals surface area contributed by atoms with Gasteiger partial charge in [0.2, 0.25) is 0 Å². The molecule has 4 rings (SSSR count). The van der Waals surface area contributed by atoms with Crippen molar-refractivity contribution in [2.75, 3.05) is 0 Å². The molecule has 2 aromatic carbocycles. The zero-order valence-corrected chi connectivity index (χ0v) is 13.9. The minimum absolute atomic E-state index is 0.0280. The zero-order valence-electron chi connectivity index (χ0n) is 13.9. The number of para-hydroxylation sites is 2. The Hall–Kier alpha value is -2.55. The number of hydrogen-bond donors (Lipinski definition) is 1. The first-order valence-electron chi connectivity index (χ1n) is 8.27. The molecule has 2 aliphatic rings. The van der Waals surface area contributed by atoms with E-state index in [0.29, 0.717) is 18.4 Å². The Bertz CT molecular complexity index is 815. The first kappa shape index (κ1) is 15.0. The summed E-state index contributed by atoms with van der Waals surface area (Å²) < 4.78 is 5.99. The van der Waals surface area contributed by atoms with Crippen LogP contribution in [0.4, 0.5) is 0 Å². The van der Waals surface area contributed by atoms with E-state index in [4.69, 9.17) is 4.74 Å². The second-order valence-electron chi connectivity index (χ2n) is 7.41. The second-order valence-corrected chi connectivity index (χ2v) is 7.41. The van der Waals surface area contributed by atoms with E-state index in [2.05, 4.69) is 0 Å². The van der Waals surface area contributed by atoms with Gasteiger partial charge in [-0.3, -0.25) is 4.79 Å². The van der Waals surface area contributed by atoms with E-state index in [-0.39, 0.29) is 22.9 Å². The molecule has 0 unspecified atom stereocenters. The predicted molar refractivity (Wildman–Crippen MR) is 92.5 cm³/mol. The molecule has 0 amide bonds. The Morgan fingerprint density at radius 1 is 0.958 bits per heavy atom. The topological polar surface area (TPSA) is 46.5 Å². The van der Waals surface area contributed by atoms with Gasteiger partial charge in [-0.2, -0.15) is 0 Å². The van der Waals surface area contributed by atoms with Crippen molar-refractivity contribution in [1.82, 2.24) is 0 Å². The van der Waals surface area contributed by atoms with Crippen molar-refractivity contribution in [2.45, 2.75) is 32.6 Å². The van der Waals surface area contributed by atoms with Gasteiger partial charge in [0.15, 0.2) is 5.78 Å². The molecule has 1 N–H and O–H groups in total. The fourth-order valence-electron chi connectivity index (χ4n) is 3.85. The second kappa shape index (κ2) is 5.23. The van der Waals surface area contributed by atoms with Gasteiger partial charge in [-0.25, -0.2) is 0 Å². The summed E-state index contributed by atoms with van der Waals surface area (Å²) in [6, 6.07) is 15.5. The molecule has 24 heavy (non-hydrogen) atoms. The van der Waals surface area contributed by atoms with E-state index in [1.165, 1.54) is 0 Å². The quantitative estimate of drug-likeness (QED) is 0.792. The average molecular weight is 320 g/mol. The third kappa shape index (κ3) is 2.32. The van der Waals surface area contributed by atoms with Crippen LogP contribution in [0.1, 0.15) is 43.7 Å². The molecular formula is C21H20O3. The minimum atomic E-state index is -0.269. The van der Waals surface area contributed by atoms with Crippen LogP contribution in [-0.4, -0.2) is 10.9 Å². The molecule has 0 fully saturated rings. The molecule has 0 aromatic heterocycles. The first-order valence-corrected chi connectivity index (χ1v) is 8.27. The number of ketones is 1. The van der Waals surface area contributed by atoms with Gasteiger partial charge in [-0.1, -0.05) is 50.2 Å². The number of carbonyl (C=O) groups excluding carboxylic acids is 1. The Labute approximate surface area is 141 Å². The highest BCUT2D eigenvalue weighted by atomic mass is 16.5.